The van der Waals surface area contributed by atoms with E-state index < -0.39 is 53.6 Å². The molecule has 0 aromatic heterocycles. The van der Waals surface area contributed by atoms with Crippen molar-refractivity contribution >= 4 is 28.5 Å². The highest BCUT2D eigenvalue weighted by atomic mass is 16.6. The molecule has 13 nitrogen and oxygen atoms in total. The number of benzene rings is 2. The molecule has 2 aromatic rings. The van der Waals surface area contributed by atoms with Gasteiger partial charge in [-0.2, -0.15) is 0 Å². The van der Waals surface area contributed by atoms with E-state index in [0.717, 1.165) is 30.3 Å². The van der Waals surface area contributed by atoms with Crippen molar-refractivity contribution in [3.8, 4) is 0 Å². The smallest absolute Gasteiger partial charge is 0.277 e. The van der Waals surface area contributed by atoms with Gasteiger partial charge < -0.3 is 0 Å². The van der Waals surface area contributed by atoms with E-state index in [2.05, 4.69) is 0 Å². The maximum absolute atomic E-state index is 13.0. The number of ketones is 1. The van der Waals surface area contributed by atoms with E-state index in [1.165, 1.54) is 13.8 Å². The lowest BCUT2D eigenvalue weighted by molar-refractivity contribution is -0.394. The number of nitro benzene ring substituents is 4. The number of carbonyl (C=O) groups excluding carboxylic acids is 1. The van der Waals surface area contributed by atoms with Crippen LogP contribution in [-0.2, 0) is 5.41 Å². The molecular formula is C16H12N4O9. The minimum absolute atomic E-state index is 0.0995. The topological polar surface area (TPSA) is 190 Å². The third-order valence-electron chi connectivity index (χ3n) is 4.20. The number of non-ortho nitro benzene ring substituents is 4. The second-order valence-corrected chi connectivity index (χ2v) is 6.46. The Morgan fingerprint density at radius 2 is 0.966 bits per heavy atom. The first kappa shape index (κ1) is 21.0. The molecule has 13 heteroatoms. The van der Waals surface area contributed by atoms with Crippen molar-refractivity contribution in [2.75, 3.05) is 0 Å². The molecule has 0 aliphatic heterocycles. The first-order valence-electron chi connectivity index (χ1n) is 7.77. The van der Waals surface area contributed by atoms with Gasteiger partial charge in [0, 0.05) is 29.8 Å². The number of nitrogens with zero attached hydrogens (tertiary/aromatic N) is 4. The Balaban J connectivity index is 2.66. The predicted molar refractivity (Wildman–Crippen MR) is 96.9 cm³/mol. The molecule has 0 saturated heterocycles. The summed E-state index contributed by atoms with van der Waals surface area (Å²) in [6.45, 7) is 2.59. The van der Waals surface area contributed by atoms with Gasteiger partial charge in [0.2, 0.25) is 0 Å². The highest BCUT2D eigenvalue weighted by molar-refractivity contribution is 6.04. The van der Waals surface area contributed by atoms with Crippen molar-refractivity contribution in [3.05, 3.63) is 88.0 Å². The number of Topliss-reactive ketones (excluding diaryl/α,β-unsaturated/α-hetero) is 1. The summed E-state index contributed by atoms with van der Waals surface area (Å²) in [7, 11) is 0. The standard InChI is InChI=1S/C16H12N4O9/c1-16(2,10-5-13(19(26)27)8-14(6-10)20(28)29)15(21)9-3-11(17(22)23)7-12(4-9)18(24)25/h3-8H,1-2H3. The zero-order valence-electron chi connectivity index (χ0n) is 14.9. The molecule has 0 atom stereocenters. The van der Waals surface area contributed by atoms with E-state index >= 15 is 0 Å². The molecule has 0 aliphatic carbocycles. The molecule has 0 radical (unpaired) electrons. The first-order chi connectivity index (χ1) is 13.3. The molecule has 2 aromatic carbocycles. The molecule has 0 saturated carbocycles. The van der Waals surface area contributed by atoms with Crippen LogP contribution in [0.2, 0.25) is 0 Å². The zero-order valence-corrected chi connectivity index (χ0v) is 14.9. The Hall–Kier alpha value is -4.29. The number of carbonyl (C=O) groups is 1. The fraction of sp³-hybridized carbons (Fsp3) is 0.188. The summed E-state index contributed by atoms with van der Waals surface area (Å²) < 4.78 is 0. The van der Waals surface area contributed by atoms with Crippen LogP contribution in [0, 0.1) is 40.5 Å². The van der Waals surface area contributed by atoms with E-state index in [1.54, 1.807) is 0 Å². The first-order valence-corrected chi connectivity index (χ1v) is 7.77. The van der Waals surface area contributed by atoms with Gasteiger partial charge >= 0.3 is 0 Å². The average molecular weight is 404 g/mol. The highest BCUT2D eigenvalue weighted by Crippen LogP contribution is 2.35. The third kappa shape index (κ3) is 4.18. The van der Waals surface area contributed by atoms with Gasteiger partial charge in [-0.15, -0.1) is 0 Å². The highest BCUT2D eigenvalue weighted by Gasteiger charge is 2.35. The maximum atomic E-state index is 13.0. The molecule has 0 N–H and O–H groups in total. The van der Waals surface area contributed by atoms with Gasteiger partial charge in [0.1, 0.15) is 0 Å². The monoisotopic (exact) mass is 404 g/mol. The molecule has 0 amide bonds. The van der Waals surface area contributed by atoms with Gasteiger partial charge in [0.25, 0.3) is 22.7 Å². The number of hydrogen-bond donors (Lipinski definition) is 0. The molecule has 0 fully saturated rings. The fourth-order valence-electron chi connectivity index (χ4n) is 2.60. The lowest BCUT2D eigenvalue weighted by Gasteiger charge is -2.23. The number of hydrogen-bond acceptors (Lipinski definition) is 9. The van der Waals surface area contributed by atoms with Crippen molar-refractivity contribution < 1.29 is 24.5 Å². The lowest BCUT2D eigenvalue weighted by atomic mass is 9.77. The van der Waals surface area contributed by atoms with Crippen LogP contribution in [0.4, 0.5) is 22.7 Å². The molecule has 0 spiro atoms. The summed E-state index contributed by atoms with van der Waals surface area (Å²) in [5, 5.41) is 44.2. The third-order valence-corrected chi connectivity index (χ3v) is 4.20. The van der Waals surface area contributed by atoms with E-state index in [0.29, 0.717) is 6.07 Å². The maximum Gasteiger partial charge on any atom is 0.277 e. The van der Waals surface area contributed by atoms with Crippen LogP contribution in [0.1, 0.15) is 29.8 Å². The van der Waals surface area contributed by atoms with E-state index in [-0.39, 0.29) is 11.1 Å². The summed E-state index contributed by atoms with van der Waals surface area (Å²) in [5.41, 5.74) is -4.74. The molecule has 0 unspecified atom stereocenters. The normalized spacial score (nSPS) is 11.0. The predicted octanol–water partition coefficient (Wildman–Crippen LogP) is 3.48. The van der Waals surface area contributed by atoms with Crippen molar-refractivity contribution in [1.29, 1.82) is 0 Å². The van der Waals surface area contributed by atoms with E-state index in [4.69, 9.17) is 0 Å². The van der Waals surface area contributed by atoms with E-state index in [9.17, 15) is 45.3 Å². The Morgan fingerprint density at radius 3 is 1.28 bits per heavy atom. The van der Waals surface area contributed by atoms with Crippen LogP contribution in [0.3, 0.4) is 0 Å². The van der Waals surface area contributed by atoms with Crippen LogP contribution in [0.5, 0.6) is 0 Å². The minimum Gasteiger partial charge on any atom is -0.293 e. The van der Waals surface area contributed by atoms with Crippen LogP contribution in [-0.4, -0.2) is 25.5 Å². The second-order valence-electron chi connectivity index (χ2n) is 6.46. The molecule has 0 aliphatic rings. The Morgan fingerprint density at radius 1 is 0.655 bits per heavy atom. The van der Waals surface area contributed by atoms with Gasteiger partial charge in [0.05, 0.1) is 37.2 Å². The summed E-state index contributed by atoms with van der Waals surface area (Å²) in [6, 6.07) is 5.02. The van der Waals surface area contributed by atoms with Crippen LogP contribution < -0.4 is 0 Å². The Kier molecular flexibility index (Phi) is 5.35. The van der Waals surface area contributed by atoms with Gasteiger partial charge in [0.15, 0.2) is 5.78 Å². The van der Waals surface area contributed by atoms with Crippen molar-refractivity contribution in [2.45, 2.75) is 19.3 Å². The number of nitro groups is 4. The summed E-state index contributed by atoms with van der Waals surface area (Å²) in [4.78, 5) is 53.7. The van der Waals surface area contributed by atoms with Crippen LogP contribution >= 0.6 is 0 Å². The molecule has 0 heterocycles. The van der Waals surface area contributed by atoms with Crippen molar-refractivity contribution in [2.24, 2.45) is 0 Å². The van der Waals surface area contributed by atoms with Crippen molar-refractivity contribution in [3.63, 3.8) is 0 Å². The quantitative estimate of drug-likeness (QED) is 0.377. The van der Waals surface area contributed by atoms with Gasteiger partial charge in [-0.25, -0.2) is 0 Å². The Labute approximate surface area is 161 Å². The average Bonchev–Trinajstić information content (AvgIpc) is 2.66. The fourth-order valence-corrected chi connectivity index (χ4v) is 2.60. The summed E-state index contributed by atoms with van der Waals surface area (Å²) in [6.07, 6.45) is 0. The Bertz CT molecular complexity index is 1010. The molecule has 2 rings (SSSR count). The largest absolute Gasteiger partial charge is 0.293 e. The minimum atomic E-state index is -1.63. The molecule has 29 heavy (non-hydrogen) atoms. The summed E-state index contributed by atoms with van der Waals surface area (Å²) in [5.74, 6) is -0.848. The number of rotatable bonds is 7. The molecule has 150 valence electrons. The van der Waals surface area contributed by atoms with Gasteiger partial charge in [-0.1, -0.05) is 0 Å². The summed E-state index contributed by atoms with van der Waals surface area (Å²) >= 11 is 0. The lowest BCUT2D eigenvalue weighted by Crippen LogP contribution is -2.29. The SMILES string of the molecule is CC(C)(C(=O)c1cc([N+](=O)[O-])cc([N+](=O)[O-])c1)c1cc([N+](=O)[O-])cc([N+](=O)[O-])c1. The molecule has 0 bridgehead atoms. The van der Waals surface area contributed by atoms with Crippen LogP contribution in [0.15, 0.2) is 36.4 Å². The van der Waals surface area contributed by atoms with E-state index in [1.807, 2.05) is 0 Å². The van der Waals surface area contributed by atoms with Gasteiger partial charge in [-0.05, 0) is 19.4 Å². The molecular weight excluding hydrogens is 392 g/mol. The zero-order chi connectivity index (χ0) is 22.1. The second kappa shape index (κ2) is 7.38. The van der Waals surface area contributed by atoms with Gasteiger partial charge in [-0.3, -0.25) is 45.3 Å². The van der Waals surface area contributed by atoms with Crippen molar-refractivity contribution in [1.82, 2.24) is 0 Å². The van der Waals surface area contributed by atoms with Crippen LogP contribution in [0.25, 0.3) is 0 Å².